The van der Waals surface area contributed by atoms with E-state index < -0.39 is 24.5 Å². The highest BCUT2D eigenvalue weighted by atomic mass is 32.1. The molecule has 1 aliphatic heterocycles. The Kier molecular flexibility index (Phi) is 6.98. The number of ether oxygens (including phenoxy) is 1. The number of pyridine rings is 1. The molecule has 4 rings (SSSR count). The number of anilines is 2. The van der Waals surface area contributed by atoms with E-state index in [1.165, 1.54) is 18.3 Å². The zero-order valence-electron chi connectivity index (χ0n) is 18.2. The van der Waals surface area contributed by atoms with Crippen LogP contribution in [-0.4, -0.2) is 49.6 Å². The maximum Gasteiger partial charge on any atom is 0.222 e. The number of carbonyl (C=O) groups excluding carboxylic acids is 1. The van der Waals surface area contributed by atoms with E-state index in [9.17, 15) is 14.3 Å². The van der Waals surface area contributed by atoms with E-state index in [4.69, 9.17) is 10.5 Å². The molecule has 1 aliphatic rings. The van der Waals surface area contributed by atoms with Crippen LogP contribution < -0.4 is 16.4 Å². The van der Waals surface area contributed by atoms with Gasteiger partial charge in [0.05, 0.1) is 24.2 Å². The number of amides is 1. The van der Waals surface area contributed by atoms with Crippen molar-refractivity contribution in [2.75, 3.05) is 17.2 Å². The lowest BCUT2D eigenvalue weighted by molar-refractivity contribution is -0.114. The minimum absolute atomic E-state index is 0.0801. The van der Waals surface area contributed by atoms with Crippen LogP contribution in [0.15, 0.2) is 29.9 Å². The number of aromatic nitrogens is 4. The number of alkyl halides is 1. The van der Waals surface area contributed by atoms with Crippen LogP contribution in [0.2, 0.25) is 0 Å². The zero-order chi connectivity index (χ0) is 23.5. The Balaban J connectivity index is 1.47. The van der Waals surface area contributed by atoms with Gasteiger partial charge >= 0.3 is 0 Å². The zero-order valence-corrected chi connectivity index (χ0v) is 19.1. The number of aryl methyl sites for hydroxylation is 1. The van der Waals surface area contributed by atoms with Crippen molar-refractivity contribution in [1.29, 1.82) is 0 Å². The Morgan fingerprint density at radius 1 is 1.39 bits per heavy atom. The van der Waals surface area contributed by atoms with Gasteiger partial charge in [-0.15, -0.1) is 11.3 Å². The molecule has 3 aromatic rings. The molecule has 0 radical (unpaired) electrons. The highest BCUT2D eigenvalue weighted by Gasteiger charge is 2.30. The third kappa shape index (κ3) is 5.36. The standard InChI is InChI=1S/C21H26FN7O3S/c1-11(30)26-18-6-3-12(7-24-18)21-28-16(10-33-21)20(31)27-15-8-25-29(2)19(15)17-5-4-14(23)13(22)9-32-17/h3,6-8,10,13-14,17,20,27,31H,4-5,9,23H2,1-2H3,(H,24,26,30)/t13-,14-,17+,20?/m1/s1. The van der Waals surface area contributed by atoms with Gasteiger partial charge in [-0.25, -0.2) is 14.4 Å². The summed E-state index contributed by atoms with van der Waals surface area (Å²) in [5, 5.41) is 23.1. The van der Waals surface area contributed by atoms with E-state index in [0.29, 0.717) is 40.7 Å². The first-order valence-electron chi connectivity index (χ1n) is 10.5. The number of nitrogens with two attached hydrogens (primary N) is 1. The van der Waals surface area contributed by atoms with Gasteiger partial charge in [-0.05, 0) is 25.0 Å². The average molecular weight is 476 g/mol. The van der Waals surface area contributed by atoms with E-state index in [1.54, 1.807) is 41.6 Å². The smallest absolute Gasteiger partial charge is 0.222 e. The molecule has 4 atom stereocenters. The van der Waals surface area contributed by atoms with E-state index >= 15 is 0 Å². The van der Waals surface area contributed by atoms with Crippen LogP contribution >= 0.6 is 11.3 Å². The largest absolute Gasteiger partial charge is 0.369 e. The fourth-order valence-corrected chi connectivity index (χ4v) is 4.46. The summed E-state index contributed by atoms with van der Waals surface area (Å²) < 4.78 is 21.3. The average Bonchev–Trinajstić information content (AvgIpc) is 3.37. The van der Waals surface area contributed by atoms with Crippen molar-refractivity contribution < 1.29 is 19.0 Å². The predicted molar refractivity (Wildman–Crippen MR) is 122 cm³/mol. The molecule has 3 aromatic heterocycles. The van der Waals surface area contributed by atoms with Crippen LogP contribution in [0.5, 0.6) is 0 Å². The van der Waals surface area contributed by atoms with Crippen LogP contribution in [-0.2, 0) is 16.6 Å². The maximum absolute atomic E-state index is 13.9. The molecule has 10 nitrogen and oxygen atoms in total. The van der Waals surface area contributed by atoms with Gasteiger partial charge in [0.25, 0.3) is 0 Å². The van der Waals surface area contributed by atoms with Crippen LogP contribution in [0, 0.1) is 0 Å². The molecule has 0 bridgehead atoms. The lowest BCUT2D eigenvalue weighted by Gasteiger charge is -2.19. The van der Waals surface area contributed by atoms with Gasteiger partial charge in [0.1, 0.15) is 28.8 Å². The summed E-state index contributed by atoms with van der Waals surface area (Å²) in [5.41, 5.74) is 8.33. The molecule has 5 N–H and O–H groups in total. The molecule has 1 saturated heterocycles. The van der Waals surface area contributed by atoms with Gasteiger partial charge in [0.15, 0.2) is 6.23 Å². The summed E-state index contributed by atoms with van der Waals surface area (Å²) in [6.45, 7) is 1.34. The number of hydrogen-bond acceptors (Lipinski definition) is 9. The molecule has 1 unspecified atom stereocenters. The normalized spacial score (nSPS) is 21.9. The molecular formula is C21H26FN7O3S. The van der Waals surface area contributed by atoms with Gasteiger partial charge in [-0.3, -0.25) is 9.48 Å². The van der Waals surface area contributed by atoms with Crippen molar-refractivity contribution >= 4 is 28.7 Å². The van der Waals surface area contributed by atoms with Gasteiger partial charge in [0.2, 0.25) is 5.91 Å². The second-order valence-electron chi connectivity index (χ2n) is 7.88. The van der Waals surface area contributed by atoms with Crippen LogP contribution in [0.3, 0.4) is 0 Å². The van der Waals surface area contributed by atoms with Gasteiger partial charge < -0.3 is 26.2 Å². The summed E-state index contributed by atoms with van der Waals surface area (Å²) in [7, 11) is 1.77. The number of halogens is 1. The molecule has 176 valence electrons. The number of aliphatic hydroxyl groups is 1. The Hall–Kier alpha value is -2.93. The lowest BCUT2D eigenvalue weighted by atomic mass is 10.0. The fourth-order valence-electron chi connectivity index (χ4n) is 3.64. The number of rotatable bonds is 6. The number of aliphatic hydroxyl groups excluding tert-OH is 1. The summed E-state index contributed by atoms with van der Waals surface area (Å²) in [6, 6.07) is 2.93. The van der Waals surface area contributed by atoms with E-state index in [0.717, 1.165) is 5.56 Å². The van der Waals surface area contributed by atoms with E-state index in [-0.39, 0.29) is 12.5 Å². The second-order valence-corrected chi connectivity index (χ2v) is 8.74. The molecule has 33 heavy (non-hydrogen) atoms. The summed E-state index contributed by atoms with van der Waals surface area (Å²) >= 11 is 1.36. The third-order valence-electron chi connectivity index (χ3n) is 5.38. The lowest BCUT2D eigenvalue weighted by Crippen LogP contribution is -2.32. The summed E-state index contributed by atoms with van der Waals surface area (Å²) in [5.74, 6) is 0.256. The highest BCUT2D eigenvalue weighted by Crippen LogP contribution is 2.34. The summed E-state index contributed by atoms with van der Waals surface area (Å²) in [6.07, 6.45) is 1.55. The maximum atomic E-state index is 13.9. The number of carbonyl (C=O) groups is 1. The van der Waals surface area contributed by atoms with E-state index in [2.05, 4.69) is 25.7 Å². The first-order chi connectivity index (χ1) is 15.8. The Morgan fingerprint density at radius 2 is 2.21 bits per heavy atom. The number of nitrogens with zero attached hydrogens (tertiary/aromatic N) is 4. The Morgan fingerprint density at radius 3 is 2.94 bits per heavy atom. The van der Waals surface area contributed by atoms with Gasteiger partial charge in [0, 0.05) is 37.2 Å². The highest BCUT2D eigenvalue weighted by molar-refractivity contribution is 7.13. The molecule has 0 aliphatic carbocycles. The number of hydrogen-bond donors (Lipinski definition) is 4. The molecule has 12 heteroatoms. The molecular weight excluding hydrogens is 449 g/mol. The first-order valence-corrected chi connectivity index (χ1v) is 11.4. The van der Waals surface area contributed by atoms with E-state index in [1.807, 2.05) is 0 Å². The van der Waals surface area contributed by atoms with Crippen molar-refractivity contribution in [3.63, 3.8) is 0 Å². The Labute approximate surface area is 194 Å². The number of thiazole rings is 1. The monoisotopic (exact) mass is 475 g/mol. The molecule has 1 amide bonds. The van der Waals surface area contributed by atoms with Gasteiger partial charge in [-0.1, -0.05) is 0 Å². The van der Waals surface area contributed by atoms with Crippen molar-refractivity contribution in [2.45, 2.75) is 44.3 Å². The van der Waals surface area contributed by atoms with Crippen LogP contribution in [0.1, 0.15) is 43.5 Å². The van der Waals surface area contributed by atoms with Gasteiger partial charge in [-0.2, -0.15) is 5.10 Å². The second kappa shape index (κ2) is 9.91. The molecule has 0 spiro atoms. The minimum Gasteiger partial charge on any atom is -0.369 e. The van der Waals surface area contributed by atoms with Crippen molar-refractivity contribution in [3.05, 3.63) is 41.3 Å². The molecule has 1 fully saturated rings. The third-order valence-corrected chi connectivity index (χ3v) is 6.29. The van der Waals surface area contributed by atoms with Crippen molar-refractivity contribution in [2.24, 2.45) is 12.8 Å². The molecule has 4 heterocycles. The fraction of sp³-hybridized carbons (Fsp3) is 0.429. The van der Waals surface area contributed by atoms with Crippen LogP contribution in [0.25, 0.3) is 10.6 Å². The van der Waals surface area contributed by atoms with Crippen molar-refractivity contribution in [1.82, 2.24) is 19.7 Å². The first kappa shape index (κ1) is 23.2. The predicted octanol–water partition coefficient (Wildman–Crippen LogP) is 2.52. The summed E-state index contributed by atoms with van der Waals surface area (Å²) in [4.78, 5) is 19.8. The SMILES string of the molecule is CC(=O)Nc1ccc(-c2nc(C(O)Nc3cnn(C)c3[C@@H]3CC[C@@H](N)[C@H](F)CO3)cs2)cn1. The molecule has 0 saturated carbocycles. The number of nitrogens with one attached hydrogen (secondary N) is 2. The molecule has 0 aromatic carbocycles. The van der Waals surface area contributed by atoms with Crippen molar-refractivity contribution in [3.8, 4) is 10.6 Å². The van der Waals surface area contributed by atoms with Crippen LogP contribution in [0.4, 0.5) is 15.9 Å². The Bertz CT molecular complexity index is 1090. The quantitative estimate of drug-likeness (QED) is 0.399. The topological polar surface area (TPSA) is 140 Å². The minimum atomic E-state index is -1.21.